The SMILES string of the molecule is COc1cccc(NC(=O)C(=O)Nn2c(C(=O)Nc3ccc(C)c(Cl)c3)cc3cc(Br)ccc32)c1. The van der Waals surface area contributed by atoms with Crippen molar-refractivity contribution < 1.29 is 19.1 Å². The smallest absolute Gasteiger partial charge is 0.328 e. The van der Waals surface area contributed by atoms with Crippen LogP contribution < -0.4 is 20.8 Å². The van der Waals surface area contributed by atoms with Gasteiger partial charge in [0.15, 0.2) is 0 Å². The molecule has 3 N–H and O–H groups in total. The van der Waals surface area contributed by atoms with E-state index in [1.807, 2.05) is 6.92 Å². The third-order valence-corrected chi connectivity index (χ3v) is 6.07. The molecule has 0 aliphatic rings. The molecule has 0 unspecified atom stereocenters. The third-order valence-electron chi connectivity index (χ3n) is 5.17. The van der Waals surface area contributed by atoms with Gasteiger partial charge >= 0.3 is 11.8 Å². The van der Waals surface area contributed by atoms with E-state index >= 15 is 0 Å². The van der Waals surface area contributed by atoms with Gasteiger partial charge in [0, 0.05) is 32.3 Å². The van der Waals surface area contributed by atoms with Crippen molar-refractivity contribution in [1.29, 1.82) is 0 Å². The summed E-state index contributed by atoms with van der Waals surface area (Å²) in [5.74, 6) is -1.83. The van der Waals surface area contributed by atoms with Crippen LogP contribution in [0.4, 0.5) is 11.4 Å². The second kappa shape index (κ2) is 10.2. The summed E-state index contributed by atoms with van der Waals surface area (Å²) in [7, 11) is 1.50. The Kier molecular flexibility index (Phi) is 7.09. The number of amides is 3. The molecule has 0 saturated carbocycles. The van der Waals surface area contributed by atoms with Crippen molar-refractivity contribution in [2.24, 2.45) is 0 Å². The fourth-order valence-electron chi connectivity index (χ4n) is 3.38. The topological polar surface area (TPSA) is 101 Å². The lowest BCUT2D eigenvalue weighted by Gasteiger charge is -2.13. The first-order valence-electron chi connectivity index (χ1n) is 10.4. The quantitative estimate of drug-likeness (QED) is 0.290. The van der Waals surface area contributed by atoms with Gasteiger partial charge < -0.3 is 15.4 Å². The molecule has 0 aliphatic carbocycles. The Labute approximate surface area is 214 Å². The van der Waals surface area contributed by atoms with E-state index < -0.39 is 17.7 Å². The number of fused-ring (bicyclic) bond motifs is 1. The van der Waals surface area contributed by atoms with Crippen LogP contribution in [0.25, 0.3) is 10.9 Å². The predicted molar refractivity (Wildman–Crippen MR) is 140 cm³/mol. The summed E-state index contributed by atoms with van der Waals surface area (Å²) in [5.41, 5.74) is 4.93. The molecule has 4 rings (SSSR count). The summed E-state index contributed by atoms with van der Waals surface area (Å²) in [6.45, 7) is 1.86. The Bertz CT molecular complexity index is 1470. The summed E-state index contributed by atoms with van der Waals surface area (Å²) in [6, 6.07) is 18.7. The van der Waals surface area contributed by atoms with Crippen LogP contribution in [0.1, 0.15) is 16.1 Å². The number of rotatable bonds is 5. The van der Waals surface area contributed by atoms with Crippen molar-refractivity contribution >= 4 is 67.5 Å². The minimum atomic E-state index is -0.958. The molecule has 1 aromatic heterocycles. The molecular weight excluding hydrogens is 536 g/mol. The number of aryl methyl sites for hydroxylation is 1. The molecule has 3 amide bonds. The zero-order valence-corrected chi connectivity index (χ0v) is 21.0. The number of anilines is 2. The summed E-state index contributed by atoms with van der Waals surface area (Å²) < 4.78 is 7.20. The minimum Gasteiger partial charge on any atom is -0.497 e. The molecule has 1 heterocycles. The molecule has 8 nitrogen and oxygen atoms in total. The lowest BCUT2D eigenvalue weighted by atomic mass is 10.2. The normalized spacial score (nSPS) is 10.6. The van der Waals surface area contributed by atoms with Gasteiger partial charge in [-0.05, 0) is 61.0 Å². The summed E-state index contributed by atoms with van der Waals surface area (Å²) in [5, 5.41) is 6.48. The number of carbonyl (C=O) groups is 3. The molecule has 0 fully saturated rings. The van der Waals surface area contributed by atoms with Crippen LogP contribution in [0.5, 0.6) is 5.75 Å². The maximum atomic E-state index is 13.1. The van der Waals surface area contributed by atoms with Crippen LogP contribution in [0.2, 0.25) is 5.02 Å². The number of benzene rings is 3. The van der Waals surface area contributed by atoms with Gasteiger partial charge in [0.25, 0.3) is 5.91 Å². The second-order valence-corrected chi connectivity index (χ2v) is 8.94. The Morgan fingerprint density at radius 3 is 2.43 bits per heavy atom. The van der Waals surface area contributed by atoms with Crippen LogP contribution >= 0.6 is 27.5 Å². The fourth-order valence-corrected chi connectivity index (χ4v) is 3.94. The highest BCUT2D eigenvalue weighted by molar-refractivity contribution is 9.10. The molecule has 0 saturated heterocycles. The number of nitrogens with zero attached hydrogens (tertiary/aromatic N) is 1. The first-order chi connectivity index (χ1) is 16.7. The van der Waals surface area contributed by atoms with E-state index in [1.54, 1.807) is 66.7 Å². The summed E-state index contributed by atoms with van der Waals surface area (Å²) in [4.78, 5) is 38.5. The summed E-state index contributed by atoms with van der Waals surface area (Å²) in [6.07, 6.45) is 0. The standard InChI is InChI=1S/C25H20BrClN4O4/c1-14-6-8-18(13-20(14)27)28-23(32)22-11-15-10-16(26)7-9-21(15)31(22)30-25(34)24(33)29-17-4-3-5-19(12-17)35-2/h3-13H,1-2H3,(H,28,32)(H,29,33)(H,30,34). The van der Waals surface area contributed by atoms with Gasteiger partial charge in [-0.2, -0.15) is 0 Å². The highest BCUT2D eigenvalue weighted by atomic mass is 79.9. The zero-order valence-electron chi connectivity index (χ0n) is 18.7. The minimum absolute atomic E-state index is 0.123. The maximum absolute atomic E-state index is 13.1. The van der Waals surface area contributed by atoms with E-state index in [1.165, 1.54) is 11.8 Å². The van der Waals surface area contributed by atoms with Gasteiger partial charge in [-0.25, -0.2) is 4.68 Å². The number of hydrogen-bond acceptors (Lipinski definition) is 4. The van der Waals surface area contributed by atoms with Crippen LogP contribution in [0.15, 0.2) is 71.2 Å². The molecule has 35 heavy (non-hydrogen) atoms. The highest BCUT2D eigenvalue weighted by Gasteiger charge is 2.21. The zero-order chi connectivity index (χ0) is 25.1. The van der Waals surface area contributed by atoms with Crippen molar-refractivity contribution in [3.05, 3.63) is 87.5 Å². The lowest BCUT2D eigenvalue weighted by molar-refractivity contribution is -0.133. The first kappa shape index (κ1) is 24.3. The van der Waals surface area contributed by atoms with E-state index in [2.05, 4.69) is 32.0 Å². The Morgan fingerprint density at radius 1 is 0.914 bits per heavy atom. The molecule has 4 aromatic rings. The molecule has 10 heteroatoms. The number of aromatic nitrogens is 1. The van der Waals surface area contributed by atoms with E-state index in [-0.39, 0.29) is 5.69 Å². The maximum Gasteiger partial charge on any atom is 0.328 e. The van der Waals surface area contributed by atoms with Crippen molar-refractivity contribution in [3.63, 3.8) is 0 Å². The van der Waals surface area contributed by atoms with E-state index in [4.69, 9.17) is 16.3 Å². The van der Waals surface area contributed by atoms with Gasteiger partial charge in [0.2, 0.25) is 0 Å². The first-order valence-corrected chi connectivity index (χ1v) is 11.6. The average molecular weight is 556 g/mol. The van der Waals surface area contributed by atoms with Crippen molar-refractivity contribution in [1.82, 2.24) is 4.68 Å². The van der Waals surface area contributed by atoms with Gasteiger partial charge in [-0.3, -0.25) is 19.8 Å². The molecule has 0 radical (unpaired) electrons. The molecule has 3 aromatic carbocycles. The monoisotopic (exact) mass is 554 g/mol. The molecule has 0 aliphatic heterocycles. The van der Waals surface area contributed by atoms with E-state index in [0.29, 0.717) is 33.0 Å². The number of nitrogens with one attached hydrogen (secondary N) is 3. The van der Waals surface area contributed by atoms with Gasteiger partial charge in [0.1, 0.15) is 11.4 Å². The van der Waals surface area contributed by atoms with Crippen LogP contribution in [-0.4, -0.2) is 29.5 Å². The lowest BCUT2D eigenvalue weighted by Crippen LogP contribution is -2.36. The highest BCUT2D eigenvalue weighted by Crippen LogP contribution is 2.25. The predicted octanol–water partition coefficient (Wildman–Crippen LogP) is 5.34. The van der Waals surface area contributed by atoms with Gasteiger partial charge in [0.05, 0.1) is 12.6 Å². The van der Waals surface area contributed by atoms with Gasteiger partial charge in [-0.15, -0.1) is 0 Å². The number of carbonyl (C=O) groups excluding carboxylic acids is 3. The van der Waals surface area contributed by atoms with Crippen LogP contribution in [-0.2, 0) is 9.59 Å². The van der Waals surface area contributed by atoms with Crippen LogP contribution in [0, 0.1) is 6.92 Å². The second-order valence-electron chi connectivity index (χ2n) is 7.61. The third kappa shape index (κ3) is 5.47. The molecular formula is C25H20BrClN4O4. The van der Waals surface area contributed by atoms with Crippen molar-refractivity contribution in [2.45, 2.75) is 6.92 Å². The van der Waals surface area contributed by atoms with Gasteiger partial charge in [-0.1, -0.05) is 39.7 Å². The largest absolute Gasteiger partial charge is 0.497 e. The van der Waals surface area contributed by atoms with Crippen LogP contribution in [0.3, 0.4) is 0 Å². The Morgan fingerprint density at radius 2 is 1.69 bits per heavy atom. The Hall–Kier alpha value is -3.82. The number of methoxy groups -OCH3 is 1. The molecule has 0 atom stereocenters. The summed E-state index contributed by atoms with van der Waals surface area (Å²) >= 11 is 9.58. The number of halogens is 2. The average Bonchev–Trinajstić information content (AvgIpc) is 3.18. The molecule has 0 spiro atoms. The van der Waals surface area contributed by atoms with Crippen molar-refractivity contribution in [2.75, 3.05) is 23.2 Å². The van der Waals surface area contributed by atoms with E-state index in [0.717, 1.165) is 10.0 Å². The molecule has 178 valence electrons. The van der Waals surface area contributed by atoms with E-state index in [9.17, 15) is 14.4 Å². The number of hydrogen-bond donors (Lipinski definition) is 3. The molecule has 0 bridgehead atoms. The van der Waals surface area contributed by atoms with Crippen molar-refractivity contribution in [3.8, 4) is 5.75 Å². The Balaban J connectivity index is 1.62. The number of ether oxygens (including phenoxy) is 1. The fraction of sp³-hybridized carbons (Fsp3) is 0.0800.